The minimum Gasteiger partial charge on any atom is -0.450 e. The summed E-state index contributed by atoms with van der Waals surface area (Å²) in [6.07, 6.45) is 4.88. The van der Waals surface area contributed by atoms with Crippen molar-refractivity contribution in [1.82, 2.24) is 9.97 Å². The van der Waals surface area contributed by atoms with Gasteiger partial charge in [0.05, 0.1) is 17.0 Å². The first kappa shape index (κ1) is 15.5. The van der Waals surface area contributed by atoms with E-state index in [2.05, 4.69) is 9.97 Å². The molecule has 0 unspecified atom stereocenters. The molecule has 1 aromatic carbocycles. The summed E-state index contributed by atoms with van der Waals surface area (Å²) < 4.78 is 5.87. The molecule has 4 aromatic rings. The molecule has 6 heteroatoms. The molecule has 27 heavy (non-hydrogen) atoms. The van der Waals surface area contributed by atoms with Crippen LogP contribution in [0.5, 0.6) is 0 Å². The zero-order valence-electron chi connectivity index (χ0n) is 14.1. The smallest absolute Gasteiger partial charge is 0.296 e. The van der Waals surface area contributed by atoms with Crippen LogP contribution in [-0.2, 0) is 0 Å². The number of rotatable bonds is 2. The zero-order chi connectivity index (χ0) is 18.4. The molecular weight excluding hydrogens is 342 g/mol. The maximum Gasteiger partial charge on any atom is 0.296 e. The predicted molar refractivity (Wildman–Crippen MR) is 99.6 cm³/mol. The number of hydrogen-bond donors (Lipinski definition) is 0. The highest BCUT2D eigenvalue weighted by atomic mass is 16.3. The van der Waals surface area contributed by atoms with Crippen LogP contribution in [0.25, 0.3) is 11.0 Å². The summed E-state index contributed by atoms with van der Waals surface area (Å²) in [6, 6.07) is 15.2. The van der Waals surface area contributed by atoms with Crippen LogP contribution >= 0.6 is 0 Å². The fraction of sp³-hybridized carbons (Fsp3) is 0.0476. The molecule has 5 rings (SSSR count). The Hall–Kier alpha value is -3.80. The van der Waals surface area contributed by atoms with E-state index in [1.165, 1.54) is 4.90 Å². The van der Waals surface area contributed by atoms with Crippen LogP contribution in [0.4, 0.5) is 5.82 Å². The summed E-state index contributed by atoms with van der Waals surface area (Å²) in [5, 5.41) is 0.450. The third kappa shape index (κ3) is 2.27. The Morgan fingerprint density at radius 3 is 2.44 bits per heavy atom. The minimum absolute atomic E-state index is 0.0613. The Morgan fingerprint density at radius 2 is 1.67 bits per heavy atom. The molecule has 1 atom stereocenters. The molecule has 0 N–H and O–H groups in total. The Balaban J connectivity index is 1.84. The summed E-state index contributed by atoms with van der Waals surface area (Å²) in [6.45, 7) is 0. The van der Waals surface area contributed by atoms with Crippen LogP contribution in [0.3, 0.4) is 0 Å². The van der Waals surface area contributed by atoms with E-state index in [-0.39, 0.29) is 17.1 Å². The SMILES string of the molecule is O=C1c2oc3ccccc3c(=O)c2[C@H](c2ccncc2)N1c1ccccn1. The summed E-state index contributed by atoms with van der Waals surface area (Å²) in [4.78, 5) is 36.3. The molecule has 1 aliphatic heterocycles. The monoisotopic (exact) mass is 355 g/mol. The second kappa shape index (κ2) is 5.88. The topological polar surface area (TPSA) is 76.3 Å². The third-order valence-electron chi connectivity index (χ3n) is 4.70. The van der Waals surface area contributed by atoms with Crippen molar-refractivity contribution < 1.29 is 9.21 Å². The van der Waals surface area contributed by atoms with Crippen LogP contribution in [0.1, 0.15) is 27.7 Å². The van der Waals surface area contributed by atoms with Gasteiger partial charge in [0.15, 0.2) is 5.43 Å². The molecule has 6 nitrogen and oxygen atoms in total. The number of carbonyl (C=O) groups is 1. The van der Waals surface area contributed by atoms with E-state index in [4.69, 9.17) is 4.42 Å². The van der Waals surface area contributed by atoms with Crippen molar-refractivity contribution in [3.63, 3.8) is 0 Å². The lowest BCUT2D eigenvalue weighted by Crippen LogP contribution is -2.30. The summed E-state index contributed by atoms with van der Waals surface area (Å²) in [5.74, 6) is 0.138. The Kier molecular flexibility index (Phi) is 3.36. The van der Waals surface area contributed by atoms with Gasteiger partial charge in [0.25, 0.3) is 5.91 Å². The molecule has 0 saturated heterocycles. The van der Waals surface area contributed by atoms with Crippen LogP contribution in [-0.4, -0.2) is 15.9 Å². The fourth-order valence-corrected chi connectivity index (χ4v) is 3.51. The molecule has 0 saturated carbocycles. The number of benzene rings is 1. The van der Waals surface area contributed by atoms with Gasteiger partial charge in [0.1, 0.15) is 11.4 Å². The largest absolute Gasteiger partial charge is 0.450 e. The molecule has 0 aliphatic carbocycles. The van der Waals surface area contributed by atoms with E-state index in [1.54, 1.807) is 73.2 Å². The quantitative estimate of drug-likeness (QED) is 0.551. The first-order valence-corrected chi connectivity index (χ1v) is 8.46. The number of amides is 1. The van der Waals surface area contributed by atoms with Crippen molar-refractivity contribution in [2.45, 2.75) is 6.04 Å². The van der Waals surface area contributed by atoms with Gasteiger partial charge in [-0.3, -0.25) is 19.5 Å². The summed E-state index contributed by atoms with van der Waals surface area (Å²) in [5.41, 5.74) is 1.28. The normalized spacial score (nSPS) is 15.9. The number of nitrogens with zero attached hydrogens (tertiary/aromatic N) is 3. The standard InChI is InChI=1S/C21H13N3O3/c25-19-14-5-1-2-6-15(14)27-20-17(19)18(13-8-11-22-12-9-13)24(21(20)26)16-7-3-4-10-23-16/h1-12,18H/t18-/m0/s1. The molecule has 0 radical (unpaired) electrons. The van der Waals surface area contributed by atoms with Gasteiger partial charge in [-0.1, -0.05) is 18.2 Å². The van der Waals surface area contributed by atoms with Gasteiger partial charge in [-0.25, -0.2) is 4.98 Å². The average molecular weight is 355 g/mol. The van der Waals surface area contributed by atoms with E-state index >= 15 is 0 Å². The molecule has 130 valence electrons. The average Bonchev–Trinajstić information content (AvgIpc) is 3.02. The van der Waals surface area contributed by atoms with Crippen molar-refractivity contribution in [3.05, 3.63) is 100 Å². The number of anilines is 1. The molecule has 1 aliphatic rings. The number of fused-ring (bicyclic) bond motifs is 2. The van der Waals surface area contributed by atoms with Gasteiger partial charge in [-0.05, 0) is 42.0 Å². The highest BCUT2D eigenvalue weighted by Crippen LogP contribution is 2.40. The summed E-state index contributed by atoms with van der Waals surface area (Å²) >= 11 is 0. The van der Waals surface area contributed by atoms with Crippen LogP contribution in [0.2, 0.25) is 0 Å². The number of aromatic nitrogens is 2. The van der Waals surface area contributed by atoms with Crippen LogP contribution in [0.15, 0.2) is 82.4 Å². The van der Waals surface area contributed by atoms with Crippen molar-refractivity contribution in [2.75, 3.05) is 4.90 Å². The number of pyridine rings is 2. The Morgan fingerprint density at radius 1 is 0.889 bits per heavy atom. The molecular formula is C21H13N3O3. The maximum atomic E-state index is 13.3. The second-order valence-electron chi connectivity index (χ2n) is 6.22. The van der Waals surface area contributed by atoms with Gasteiger partial charge in [0, 0.05) is 18.6 Å². The van der Waals surface area contributed by atoms with Crippen LogP contribution < -0.4 is 10.3 Å². The van der Waals surface area contributed by atoms with Crippen molar-refractivity contribution >= 4 is 22.7 Å². The summed E-state index contributed by atoms with van der Waals surface area (Å²) in [7, 11) is 0. The van der Waals surface area contributed by atoms with Crippen molar-refractivity contribution in [3.8, 4) is 0 Å². The van der Waals surface area contributed by atoms with Crippen LogP contribution in [0, 0.1) is 0 Å². The molecule has 0 bridgehead atoms. The number of carbonyl (C=O) groups excluding carboxylic acids is 1. The van der Waals surface area contributed by atoms with Gasteiger partial charge in [0.2, 0.25) is 5.76 Å². The zero-order valence-corrected chi connectivity index (χ0v) is 14.1. The minimum atomic E-state index is -0.619. The molecule has 0 fully saturated rings. The number of para-hydroxylation sites is 1. The third-order valence-corrected chi connectivity index (χ3v) is 4.70. The van der Waals surface area contributed by atoms with Gasteiger partial charge in [-0.2, -0.15) is 0 Å². The lowest BCUT2D eigenvalue weighted by Gasteiger charge is -2.23. The van der Waals surface area contributed by atoms with Gasteiger partial charge < -0.3 is 4.42 Å². The van der Waals surface area contributed by atoms with E-state index in [0.717, 1.165) is 5.56 Å². The van der Waals surface area contributed by atoms with Crippen molar-refractivity contribution in [1.29, 1.82) is 0 Å². The Labute approximate surface area is 153 Å². The Bertz CT molecular complexity index is 1220. The van der Waals surface area contributed by atoms with E-state index in [9.17, 15) is 9.59 Å². The first-order valence-electron chi connectivity index (χ1n) is 8.46. The molecule has 3 aromatic heterocycles. The van der Waals surface area contributed by atoms with Crippen molar-refractivity contribution in [2.24, 2.45) is 0 Å². The first-order chi connectivity index (χ1) is 13.3. The van der Waals surface area contributed by atoms with Gasteiger partial charge >= 0.3 is 0 Å². The van der Waals surface area contributed by atoms with E-state index in [1.807, 2.05) is 0 Å². The predicted octanol–water partition coefficient (Wildman–Crippen LogP) is 3.33. The lowest BCUT2D eigenvalue weighted by atomic mass is 9.99. The molecule has 4 heterocycles. The second-order valence-corrected chi connectivity index (χ2v) is 6.22. The van der Waals surface area contributed by atoms with E-state index < -0.39 is 6.04 Å². The van der Waals surface area contributed by atoms with E-state index in [0.29, 0.717) is 22.4 Å². The van der Waals surface area contributed by atoms with Gasteiger partial charge in [-0.15, -0.1) is 0 Å². The maximum absolute atomic E-state index is 13.3. The molecule has 0 spiro atoms. The fourth-order valence-electron chi connectivity index (χ4n) is 3.51. The molecule has 1 amide bonds. The highest BCUT2D eigenvalue weighted by Gasteiger charge is 2.44. The lowest BCUT2D eigenvalue weighted by molar-refractivity contribution is 0.0970. The highest BCUT2D eigenvalue weighted by molar-refractivity contribution is 6.10. The number of hydrogen-bond acceptors (Lipinski definition) is 5.